The maximum atomic E-state index is 6.30. The quantitative estimate of drug-likeness (QED) is 0.868. The standard InChI is InChI=1S/C16H23BN2O2/c1-14(2)15(3,4)21-17(20-14)9-5-12-6-10-19-11-13(12)16(18)7-8-16/h5-6,9-11H,7-8,18H2,1-4H3/b9-5+. The van der Waals surface area contributed by atoms with E-state index >= 15 is 0 Å². The second-order valence-corrected chi connectivity index (χ2v) is 7.10. The molecule has 2 heterocycles. The minimum Gasteiger partial charge on any atom is -0.400 e. The molecule has 0 spiro atoms. The molecule has 0 aromatic carbocycles. The molecule has 21 heavy (non-hydrogen) atoms. The van der Waals surface area contributed by atoms with Crippen LogP contribution in [0.1, 0.15) is 51.7 Å². The highest BCUT2D eigenvalue weighted by Gasteiger charge is 2.50. The molecule has 3 rings (SSSR count). The van der Waals surface area contributed by atoms with Gasteiger partial charge in [-0.2, -0.15) is 0 Å². The predicted molar refractivity (Wildman–Crippen MR) is 84.5 cm³/mol. The van der Waals surface area contributed by atoms with Gasteiger partial charge in [0.15, 0.2) is 0 Å². The zero-order valence-corrected chi connectivity index (χ0v) is 13.2. The van der Waals surface area contributed by atoms with E-state index in [-0.39, 0.29) is 23.9 Å². The molecule has 0 radical (unpaired) electrons. The lowest BCUT2D eigenvalue weighted by Crippen LogP contribution is -2.41. The van der Waals surface area contributed by atoms with Crippen LogP contribution < -0.4 is 5.73 Å². The zero-order valence-electron chi connectivity index (χ0n) is 13.2. The Morgan fingerprint density at radius 3 is 2.38 bits per heavy atom. The van der Waals surface area contributed by atoms with E-state index in [0.29, 0.717) is 0 Å². The summed E-state index contributed by atoms with van der Waals surface area (Å²) in [5.74, 6) is 1.96. The Morgan fingerprint density at radius 2 is 1.81 bits per heavy atom. The van der Waals surface area contributed by atoms with E-state index < -0.39 is 0 Å². The number of rotatable bonds is 3. The van der Waals surface area contributed by atoms with Crippen molar-refractivity contribution in [1.82, 2.24) is 4.98 Å². The van der Waals surface area contributed by atoms with Crippen molar-refractivity contribution in [1.29, 1.82) is 0 Å². The van der Waals surface area contributed by atoms with Gasteiger partial charge in [0.2, 0.25) is 0 Å². The summed E-state index contributed by atoms with van der Waals surface area (Å²) in [6.07, 6.45) is 7.74. The molecular weight excluding hydrogens is 263 g/mol. The van der Waals surface area contributed by atoms with E-state index in [1.807, 2.05) is 24.3 Å². The van der Waals surface area contributed by atoms with E-state index in [4.69, 9.17) is 15.0 Å². The first-order valence-electron chi connectivity index (χ1n) is 7.51. The first-order valence-corrected chi connectivity index (χ1v) is 7.51. The average molecular weight is 286 g/mol. The van der Waals surface area contributed by atoms with Crippen molar-refractivity contribution in [3.8, 4) is 0 Å². The van der Waals surface area contributed by atoms with Gasteiger partial charge in [-0.1, -0.05) is 12.1 Å². The van der Waals surface area contributed by atoms with Crippen LogP contribution in [-0.4, -0.2) is 23.3 Å². The summed E-state index contributed by atoms with van der Waals surface area (Å²) in [6, 6.07) is 1.99. The van der Waals surface area contributed by atoms with E-state index in [9.17, 15) is 0 Å². The van der Waals surface area contributed by atoms with Gasteiger partial charge in [-0.05, 0) is 57.7 Å². The lowest BCUT2D eigenvalue weighted by atomic mass is 9.88. The summed E-state index contributed by atoms with van der Waals surface area (Å²) in [5.41, 5.74) is 7.70. The summed E-state index contributed by atoms with van der Waals surface area (Å²) in [7, 11) is -0.330. The van der Waals surface area contributed by atoms with Gasteiger partial charge in [-0.25, -0.2) is 0 Å². The van der Waals surface area contributed by atoms with E-state index in [1.54, 1.807) is 6.20 Å². The van der Waals surface area contributed by atoms with Crippen LogP contribution in [0.25, 0.3) is 6.08 Å². The van der Waals surface area contributed by atoms with Crippen LogP contribution in [0.3, 0.4) is 0 Å². The number of nitrogens with two attached hydrogens (primary N) is 1. The largest absolute Gasteiger partial charge is 0.487 e. The maximum absolute atomic E-state index is 6.30. The van der Waals surface area contributed by atoms with Gasteiger partial charge >= 0.3 is 7.12 Å². The van der Waals surface area contributed by atoms with Gasteiger partial charge in [0.1, 0.15) is 0 Å². The van der Waals surface area contributed by atoms with Crippen molar-refractivity contribution in [2.75, 3.05) is 0 Å². The van der Waals surface area contributed by atoms with Crippen LogP contribution in [0.5, 0.6) is 0 Å². The number of hydrogen-bond acceptors (Lipinski definition) is 4. The van der Waals surface area contributed by atoms with Gasteiger partial charge in [0, 0.05) is 17.9 Å². The van der Waals surface area contributed by atoms with Crippen molar-refractivity contribution in [2.24, 2.45) is 5.73 Å². The lowest BCUT2D eigenvalue weighted by Gasteiger charge is -2.32. The number of nitrogens with zero attached hydrogens (tertiary/aromatic N) is 1. The molecule has 112 valence electrons. The molecule has 1 aromatic rings. The number of hydrogen-bond donors (Lipinski definition) is 1. The molecule has 2 N–H and O–H groups in total. The summed E-state index contributed by atoms with van der Waals surface area (Å²) in [4.78, 5) is 4.20. The monoisotopic (exact) mass is 286 g/mol. The molecule has 1 aliphatic carbocycles. The third-order valence-electron chi connectivity index (χ3n) is 4.88. The first-order chi connectivity index (χ1) is 9.74. The first kappa shape index (κ1) is 14.8. The predicted octanol–water partition coefficient (Wildman–Crippen LogP) is 2.67. The summed E-state index contributed by atoms with van der Waals surface area (Å²) in [6.45, 7) is 8.21. The Kier molecular flexibility index (Phi) is 3.28. The lowest BCUT2D eigenvalue weighted by molar-refractivity contribution is 0.00578. The Labute approximate surface area is 126 Å². The van der Waals surface area contributed by atoms with Crippen molar-refractivity contribution >= 4 is 13.2 Å². The molecule has 1 aliphatic heterocycles. The molecule has 4 nitrogen and oxygen atoms in total. The second-order valence-electron chi connectivity index (χ2n) is 7.10. The highest BCUT2D eigenvalue weighted by molar-refractivity contribution is 6.52. The summed E-state index contributed by atoms with van der Waals surface area (Å²) < 4.78 is 11.9. The van der Waals surface area contributed by atoms with E-state index in [2.05, 4.69) is 32.7 Å². The number of aromatic nitrogens is 1. The van der Waals surface area contributed by atoms with Crippen LogP contribution >= 0.6 is 0 Å². The Morgan fingerprint density at radius 1 is 1.19 bits per heavy atom. The van der Waals surface area contributed by atoms with Crippen LogP contribution in [0.2, 0.25) is 0 Å². The number of pyridine rings is 1. The molecule has 5 heteroatoms. The third kappa shape index (κ3) is 2.66. The Bertz CT molecular complexity index is 563. The van der Waals surface area contributed by atoms with Gasteiger partial charge in [-0.3, -0.25) is 4.98 Å². The molecule has 0 atom stereocenters. The van der Waals surface area contributed by atoms with Gasteiger partial charge in [-0.15, -0.1) is 0 Å². The van der Waals surface area contributed by atoms with Crippen molar-refractivity contribution in [2.45, 2.75) is 57.3 Å². The molecule has 1 saturated carbocycles. The van der Waals surface area contributed by atoms with Crippen LogP contribution in [0, 0.1) is 0 Å². The van der Waals surface area contributed by atoms with Crippen LogP contribution in [0.4, 0.5) is 0 Å². The van der Waals surface area contributed by atoms with E-state index in [0.717, 1.165) is 24.0 Å². The van der Waals surface area contributed by atoms with Gasteiger partial charge < -0.3 is 15.0 Å². The smallest absolute Gasteiger partial charge is 0.400 e. The Balaban J connectivity index is 1.79. The molecule has 2 aliphatic rings. The molecule has 2 fully saturated rings. The summed E-state index contributed by atoms with van der Waals surface area (Å²) >= 11 is 0. The minimum absolute atomic E-state index is 0.191. The fraction of sp³-hybridized carbons (Fsp3) is 0.562. The molecule has 1 aromatic heterocycles. The van der Waals surface area contributed by atoms with Crippen LogP contribution in [0.15, 0.2) is 24.4 Å². The summed E-state index contributed by atoms with van der Waals surface area (Å²) in [5, 5.41) is 0. The van der Waals surface area contributed by atoms with Gasteiger partial charge in [0.05, 0.1) is 11.2 Å². The molecule has 0 bridgehead atoms. The molecular formula is C16H23BN2O2. The average Bonchev–Trinajstić information content (AvgIpc) is 3.09. The second kappa shape index (κ2) is 4.67. The Hall–Kier alpha value is -1.17. The maximum Gasteiger partial charge on any atom is 0.487 e. The zero-order chi connectivity index (χ0) is 15.3. The van der Waals surface area contributed by atoms with Crippen LogP contribution in [-0.2, 0) is 14.8 Å². The molecule has 1 saturated heterocycles. The highest BCUT2D eigenvalue weighted by atomic mass is 16.7. The molecule has 0 unspecified atom stereocenters. The van der Waals surface area contributed by atoms with Crippen molar-refractivity contribution < 1.29 is 9.31 Å². The van der Waals surface area contributed by atoms with E-state index in [1.165, 1.54) is 0 Å². The normalized spacial score (nSPS) is 25.5. The molecule has 0 amide bonds. The van der Waals surface area contributed by atoms with Gasteiger partial charge in [0.25, 0.3) is 0 Å². The SMILES string of the molecule is CC1(C)OB(/C=C/c2ccncc2C2(N)CC2)OC1(C)C. The topological polar surface area (TPSA) is 57.4 Å². The minimum atomic E-state index is -0.330. The third-order valence-corrected chi connectivity index (χ3v) is 4.88. The van der Waals surface area contributed by atoms with Crippen molar-refractivity contribution in [3.63, 3.8) is 0 Å². The fourth-order valence-corrected chi connectivity index (χ4v) is 2.52. The van der Waals surface area contributed by atoms with Crippen molar-refractivity contribution in [3.05, 3.63) is 35.6 Å². The highest BCUT2D eigenvalue weighted by Crippen LogP contribution is 2.44. The fourth-order valence-electron chi connectivity index (χ4n) is 2.52.